The van der Waals surface area contributed by atoms with Crippen molar-refractivity contribution < 1.29 is 9.90 Å². The molecular formula is C9H11NO2S. The third-order valence-corrected chi connectivity index (χ3v) is 3.56. The second-order valence-corrected chi connectivity index (χ2v) is 4.34. The lowest BCUT2D eigenvalue weighted by molar-refractivity contribution is -0.142. The molecule has 0 fully saturated rings. The van der Waals surface area contributed by atoms with Crippen molar-refractivity contribution in [3.05, 3.63) is 21.9 Å². The Morgan fingerprint density at radius 2 is 2.46 bits per heavy atom. The molecule has 0 spiro atoms. The molecule has 3 nitrogen and oxygen atoms in total. The van der Waals surface area contributed by atoms with Gasteiger partial charge in [-0.1, -0.05) is 0 Å². The van der Waals surface area contributed by atoms with Crippen LogP contribution in [0.2, 0.25) is 0 Å². The van der Waals surface area contributed by atoms with E-state index < -0.39 is 5.97 Å². The van der Waals surface area contributed by atoms with Gasteiger partial charge in [0.2, 0.25) is 0 Å². The fraction of sp³-hybridized carbons (Fsp3) is 0.444. The molecule has 1 heterocycles. The number of aliphatic carboxylic acids is 1. The van der Waals surface area contributed by atoms with Crippen LogP contribution in [0.5, 0.6) is 0 Å². The molecule has 0 amide bonds. The van der Waals surface area contributed by atoms with Gasteiger partial charge in [0.15, 0.2) is 0 Å². The molecule has 1 aliphatic carbocycles. The first-order valence-corrected chi connectivity index (χ1v) is 5.11. The molecule has 4 heteroatoms. The molecule has 2 rings (SSSR count). The molecule has 70 valence electrons. The van der Waals surface area contributed by atoms with Crippen molar-refractivity contribution in [3.8, 4) is 0 Å². The molecule has 3 N–H and O–H groups in total. The Labute approximate surface area is 80.2 Å². The predicted molar refractivity (Wildman–Crippen MR) is 50.7 cm³/mol. The number of carboxylic acids is 1. The first-order valence-electron chi connectivity index (χ1n) is 4.23. The van der Waals surface area contributed by atoms with Gasteiger partial charge in [0.05, 0.1) is 5.92 Å². The van der Waals surface area contributed by atoms with Gasteiger partial charge >= 0.3 is 5.97 Å². The van der Waals surface area contributed by atoms with Crippen LogP contribution in [0.4, 0.5) is 0 Å². The number of carbonyl (C=O) groups is 1. The summed E-state index contributed by atoms with van der Waals surface area (Å²) in [6.45, 7) is 0. The molecule has 1 aromatic rings. The van der Waals surface area contributed by atoms with Gasteiger partial charge in [-0.3, -0.25) is 4.79 Å². The number of hydrogen-bond acceptors (Lipinski definition) is 3. The highest BCUT2D eigenvalue weighted by Gasteiger charge is 2.29. The molecule has 2 atom stereocenters. The summed E-state index contributed by atoms with van der Waals surface area (Å²) in [6.07, 6.45) is 1.21. The minimum absolute atomic E-state index is 0.0788. The van der Waals surface area contributed by atoms with Crippen LogP contribution in [-0.4, -0.2) is 11.1 Å². The smallest absolute Gasteiger partial charge is 0.306 e. The number of rotatable bonds is 1. The third-order valence-electron chi connectivity index (χ3n) is 2.47. The van der Waals surface area contributed by atoms with Crippen molar-refractivity contribution in [2.75, 3.05) is 0 Å². The average Bonchev–Trinajstić information content (AvgIpc) is 2.51. The highest BCUT2D eigenvalue weighted by atomic mass is 32.1. The van der Waals surface area contributed by atoms with Crippen molar-refractivity contribution in [2.24, 2.45) is 11.7 Å². The van der Waals surface area contributed by atoms with Crippen LogP contribution >= 0.6 is 11.3 Å². The maximum atomic E-state index is 10.8. The van der Waals surface area contributed by atoms with Crippen molar-refractivity contribution in [3.63, 3.8) is 0 Å². The lowest BCUT2D eigenvalue weighted by Crippen LogP contribution is -2.27. The van der Waals surface area contributed by atoms with Gasteiger partial charge in [-0.05, 0) is 29.9 Å². The van der Waals surface area contributed by atoms with Crippen LogP contribution in [0.25, 0.3) is 0 Å². The lowest BCUT2D eigenvalue weighted by atomic mass is 9.86. The number of fused-ring (bicyclic) bond motifs is 1. The van der Waals surface area contributed by atoms with E-state index in [1.54, 1.807) is 11.3 Å². The SMILES string of the molecule is NC1CC(C(=O)O)Cc2ccsc21. The minimum Gasteiger partial charge on any atom is -0.481 e. The maximum absolute atomic E-state index is 10.8. The van der Waals surface area contributed by atoms with E-state index in [0.29, 0.717) is 12.8 Å². The van der Waals surface area contributed by atoms with Crippen molar-refractivity contribution in [2.45, 2.75) is 18.9 Å². The van der Waals surface area contributed by atoms with E-state index in [0.717, 1.165) is 10.4 Å². The lowest BCUT2D eigenvalue weighted by Gasteiger charge is -2.23. The predicted octanol–water partition coefficient (Wildman–Crippen LogP) is 1.39. The van der Waals surface area contributed by atoms with E-state index in [9.17, 15) is 4.79 Å². The largest absolute Gasteiger partial charge is 0.481 e. The summed E-state index contributed by atoms with van der Waals surface area (Å²) in [6, 6.07) is 1.90. The van der Waals surface area contributed by atoms with E-state index in [4.69, 9.17) is 10.8 Å². The van der Waals surface area contributed by atoms with Crippen LogP contribution in [0.3, 0.4) is 0 Å². The summed E-state index contributed by atoms with van der Waals surface area (Å²) in [5, 5.41) is 10.8. The van der Waals surface area contributed by atoms with Crippen molar-refractivity contribution in [1.29, 1.82) is 0 Å². The number of carboxylic acid groups (broad SMARTS) is 1. The van der Waals surface area contributed by atoms with Crippen LogP contribution in [0.15, 0.2) is 11.4 Å². The van der Waals surface area contributed by atoms with Gasteiger partial charge in [-0.15, -0.1) is 11.3 Å². The molecule has 0 radical (unpaired) electrons. The molecule has 0 saturated carbocycles. The zero-order valence-electron chi connectivity index (χ0n) is 7.06. The zero-order chi connectivity index (χ0) is 9.42. The van der Waals surface area contributed by atoms with Crippen LogP contribution in [0, 0.1) is 5.92 Å². The molecule has 0 saturated heterocycles. The highest BCUT2D eigenvalue weighted by Crippen LogP contribution is 2.35. The van der Waals surface area contributed by atoms with Crippen molar-refractivity contribution >= 4 is 17.3 Å². The van der Waals surface area contributed by atoms with Gasteiger partial charge in [-0.25, -0.2) is 0 Å². The Bertz CT molecular complexity index is 334. The number of thiophene rings is 1. The first-order chi connectivity index (χ1) is 6.18. The standard InChI is InChI=1S/C9H11NO2S/c10-7-4-6(9(11)12)3-5-1-2-13-8(5)7/h1-2,6-7H,3-4,10H2,(H,11,12). The molecule has 13 heavy (non-hydrogen) atoms. The summed E-state index contributed by atoms with van der Waals surface area (Å²) in [7, 11) is 0. The second kappa shape index (κ2) is 3.12. The van der Waals surface area contributed by atoms with Gasteiger partial charge in [0.1, 0.15) is 0 Å². The molecule has 1 aromatic heterocycles. The fourth-order valence-corrected chi connectivity index (χ4v) is 2.74. The van der Waals surface area contributed by atoms with E-state index >= 15 is 0 Å². The third kappa shape index (κ3) is 1.47. The number of nitrogens with two attached hydrogens (primary N) is 1. The Kier molecular flexibility index (Phi) is 2.09. The summed E-state index contributed by atoms with van der Waals surface area (Å²) in [5.74, 6) is -1.02. The Balaban J connectivity index is 2.28. The molecule has 1 aliphatic rings. The van der Waals surface area contributed by atoms with Crippen molar-refractivity contribution in [1.82, 2.24) is 0 Å². The molecular weight excluding hydrogens is 186 g/mol. The average molecular weight is 197 g/mol. The second-order valence-electron chi connectivity index (χ2n) is 3.39. The van der Waals surface area contributed by atoms with Gasteiger partial charge < -0.3 is 10.8 Å². The Morgan fingerprint density at radius 3 is 3.15 bits per heavy atom. The topological polar surface area (TPSA) is 63.3 Å². The van der Waals surface area contributed by atoms with E-state index in [1.165, 1.54) is 0 Å². The maximum Gasteiger partial charge on any atom is 0.306 e. The van der Waals surface area contributed by atoms with Gasteiger partial charge in [0.25, 0.3) is 0 Å². The number of hydrogen-bond donors (Lipinski definition) is 2. The summed E-state index contributed by atoms with van der Waals surface area (Å²) >= 11 is 1.63. The summed E-state index contributed by atoms with van der Waals surface area (Å²) in [4.78, 5) is 11.9. The van der Waals surface area contributed by atoms with Gasteiger partial charge in [0, 0.05) is 10.9 Å². The van der Waals surface area contributed by atoms with Crippen LogP contribution in [0.1, 0.15) is 22.9 Å². The first kappa shape index (κ1) is 8.72. The Morgan fingerprint density at radius 1 is 1.69 bits per heavy atom. The summed E-state index contributed by atoms with van der Waals surface area (Å²) in [5.41, 5.74) is 6.99. The van der Waals surface area contributed by atoms with Crippen LogP contribution in [-0.2, 0) is 11.2 Å². The van der Waals surface area contributed by atoms with E-state index in [1.807, 2.05) is 11.4 Å². The zero-order valence-corrected chi connectivity index (χ0v) is 7.88. The Hall–Kier alpha value is -0.870. The quantitative estimate of drug-likeness (QED) is 0.715. The monoisotopic (exact) mass is 197 g/mol. The van der Waals surface area contributed by atoms with E-state index in [2.05, 4.69) is 0 Å². The minimum atomic E-state index is -0.729. The molecule has 0 aliphatic heterocycles. The highest BCUT2D eigenvalue weighted by molar-refractivity contribution is 7.10. The van der Waals surface area contributed by atoms with E-state index in [-0.39, 0.29) is 12.0 Å². The molecule has 2 unspecified atom stereocenters. The van der Waals surface area contributed by atoms with Crippen LogP contribution < -0.4 is 5.73 Å². The summed E-state index contributed by atoms with van der Waals surface area (Å²) < 4.78 is 0. The normalized spacial score (nSPS) is 26.8. The van der Waals surface area contributed by atoms with Gasteiger partial charge in [-0.2, -0.15) is 0 Å². The molecule has 0 aromatic carbocycles. The fourth-order valence-electron chi connectivity index (χ4n) is 1.79. The molecule has 0 bridgehead atoms.